The molecule has 1 aliphatic carbocycles. The second kappa shape index (κ2) is 9.55. The molecule has 0 atom stereocenters. The van der Waals surface area contributed by atoms with Gasteiger partial charge < -0.3 is 14.4 Å². The fraction of sp³-hybridized carbons (Fsp3) is 0.550. The summed E-state index contributed by atoms with van der Waals surface area (Å²) in [5, 5.41) is 0. The summed E-state index contributed by atoms with van der Waals surface area (Å²) in [5.41, 5.74) is 0.689. The number of nitrogens with zero attached hydrogens (tertiary/aromatic N) is 1. The number of rotatable bonds is 7. The molecule has 26 heavy (non-hydrogen) atoms. The lowest BCUT2D eigenvalue weighted by molar-refractivity contribution is -0.127. The highest BCUT2D eigenvalue weighted by Gasteiger charge is 2.23. The van der Waals surface area contributed by atoms with E-state index in [1.54, 1.807) is 30.0 Å². The predicted octanol–water partition coefficient (Wildman–Crippen LogP) is 4.74. The van der Waals surface area contributed by atoms with Crippen LogP contribution in [0.2, 0.25) is 0 Å². The summed E-state index contributed by atoms with van der Waals surface area (Å²) >= 11 is 0. The fourth-order valence-electron chi connectivity index (χ4n) is 3.18. The average molecular weight is 367 g/mol. The van der Waals surface area contributed by atoms with Gasteiger partial charge in [0, 0.05) is 19.2 Å². The molecule has 1 aliphatic rings. The number of likely N-dealkylation sites (N-methyl/N-ethyl adjacent to an activating group) is 1. The van der Waals surface area contributed by atoms with E-state index >= 15 is 0 Å². The first kappa shape index (κ1) is 20.2. The maximum Gasteiger partial charge on any atom is 0.387 e. The molecule has 1 aromatic rings. The number of amides is 1. The molecule has 0 aromatic heterocycles. The number of ether oxygens (including phenoxy) is 2. The second-order valence-electron chi connectivity index (χ2n) is 6.71. The van der Waals surface area contributed by atoms with Crippen LogP contribution in [-0.4, -0.2) is 37.1 Å². The van der Waals surface area contributed by atoms with Crippen molar-refractivity contribution in [2.45, 2.75) is 52.2 Å². The highest BCUT2D eigenvalue weighted by atomic mass is 19.3. The minimum Gasteiger partial charge on any atom is -0.490 e. The molecule has 1 fully saturated rings. The Kier molecular flexibility index (Phi) is 7.42. The van der Waals surface area contributed by atoms with E-state index in [0.717, 1.165) is 31.6 Å². The van der Waals surface area contributed by atoms with Crippen molar-refractivity contribution in [3.05, 3.63) is 29.8 Å². The molecule has 1 aromatic carbocycles. The van der Waals surface area contributed by atoms with Gasteiger partial charge in [0.2, 0.25) is 5.91 Å². The third-order valence-corrected chi connectivity index (χ3v) is 4.78. The van der Waals surface area contributed by atoms with Gasteiger partial charge in [-0.2, -0.15) is 8.78 Å². The predicted molar refractivity (Wildman–Crippen MR) is 97.5 cm³/mol. The first-order valence-electron chi connectivity index (χ1n) is 9.07. The summed E-state index contributed by atoms with van der Waals surface area (Å²) < 4.78 is 34.7. The zero-order valence-corrected chi connectivity index (χ0v) is 15.6. The van der Waals surface area contributed by atoms with Crippen molar-refractivity contribution in [3.8, 4) is 11.5 Å². The van der Waals surface area contributed by atoms with Crippen LogP contribution in [0.4, 0.5) is 8.78 Å². The molecule has 0 aliphatic heterocycles. The number of benzene rings is 1. The largest absolute Gasteiger partial charge is 0.490 e. The summed E-state index contributed by atoms with van der Waals surface area (Å²) in [6, 6.07) is 4.91. The number of carbonyl (C=O) groups excluding carboxylic acids is 1. The van der Waals surface area contributed by atoms with Crippen molar-refractivity contribution < 1.29 is 23.0 Å². The standard InChI is InChI=1S/C20H27F2NO3/c1-4-25-18-13-15(7-11-17(18)26-20(21)22)8-12-19(24)23(3)16-9-5-14(2)6-10-16/h7-8,11-14,16,20H,4-6,9-10H2,1-3H3/b12-8+. The number of alkyl halides is 2. The SMILES string of the molecule is CCOc1cc(/C=C/C(=O)N(C)C2CCC(C)CC2)ccc1OC(F)F. The quantitative estimate of drug-likeness (QED) is 0.654. The fourth-order valence-corrected chi connectivity index (χ4v) is 3.18. The van der Waals surface area contributed by atoms with E-state index in [9.17, 15) is 13.6 Å². The van der Waals surface area contributed by atoms with Crippen molar-refractivity contribution in [2.24, 2.45) is 5.92 Å². The Morgan fingerprint density at radius 2 is 1.96 bits per heavy atom. The lowest BCUT2D eigenvalue weighted by Gasteiger charge is -2.33. The van der Waals surface area contributed by atoms with E-state index in [1.165, 1.54) is 12.1 Å². The van der Waals surface area contributed by atoms with Gasteiger partial charge >= 0.3 is 6.61 Å². The first-order valence-corrected chi connectivity index (χ1v) is 9.07. The van der Waals surface area contributed by atoms with Gasteiger partial charge in [-0.3, -0.25) is 4.79 Å². The number of halogens is 2. The van der Waals surface area contributed by atoms with Gasteiger partial charge in [-0.05, 0) is 62.3 Å². The summed E-state index contributed by atoms with van der Waals surface area (Å²) in [5.74, 6) is 0.891. The molecular formula is C20H27F2NO3. The average Bonchev–Trinajstić information content (AvgIpc) is 2.61. The maximum absolute atomic E-state index is 12.4. The zero-order valence-electron chi connectivity index (χ0n) is 15.6. The van der Waals surface area contributed by atoms with Gasteiger partial charge in [0.05, 0.1) is 6.61 Å². The van der Waals surface area contributed by atoms with Crippen molar-refractivity contribution >= 4 is 12.0 Å². The first-order chi connectivity index (χ1) is 12.4. The normalized spacial score (nSPS) is 20.4. The Balaban J connectivity index is 2.04. The lowest BCUT2D eigenvalue weighted by Crippen LogP contribution is -2.38. The van der Waals surface area contributed by atoms with Gasteiger partial charge in [0.15, 0.2) is 11.5 Å². The smallest absolute Gasteiger partial charge is 0.387 e. The molecule has 0 saturated heterocycles. The monoisotopic (exact) mass is 367 g/mol. The summed E-state index contributed by atoms with van der Waals surface area (Å²) in [6.45, 7) is 1.42. The summed E-state index contributed by atoms with van der Waals surface area (Å²) in [4.78, 5) is 14.2. The summed E-state index contributed by atoms with van der Waals surface area (Å²) in [7, 11) is 1.83. The Hall–Kier alpha value is -2.11. The van der Waals surface area contributed by atoms with E-state index in [-0.39, 0.29) is 23.4 Å². The van der Waals surface area contributed by atoms with Gasteiger partial charge in [0.25, 0.3) is 0 Å². The molecule has 4 nitrogen and oxygen atoms in total. The second-order valence-corrected chi connectivity index (χ2v) is 6.71. The Morgan fingerprint density at radius 3 is 2.58 bits per heavy atom. The van der Waals surface area contributed by atoms with Crippen LogP contribution in [0.25, 0.3) is 6.08 Å². The highest BCUT2D eigenvalue weighted by Crippen LogP contribution is 2.30. The van der Waals surface area contributed by atoms with E-state index in [4.69, 9.17) is 4.74 Å². The van der Waals surface area contributed by atoms with E-state index in [0.29, 0.717) is 12.2 Å². The molecule has 144 valence electrons. The maximum atomic E-state index is 12.4. The molecule has 6 heteroatoms. The molecule has 0 radical (unpaired) electrons. The van der Waals surface area contributed by atoms with Gasteiger partial charge in [-0.1, -0.05) is 13.0 Å². The zero-order chi connectivity index (χ0) is 19.1. The molecule has 0 N–H and O–H groups in total. The molecule has 0 heterocycles. The van der Waals surface area contributed by atoms with Crippen LogP contribution in [0.5, 0.6) is 11.5 Å². The number of hydrogen-bond acceptors (Lipinski definition) is 3. The van der Waals surface area contributed by atoms with E-state index in [2.05, 4.69) is 11.7 Å². The Morgan fingerprint density at radius 1 is 1.27 bits per heavy atom. The van der Waals surface area contributed by atoms with Crippen molar-refractivity contribution in [2.75, 3.05) is 13.7 Å². The lowest BCUT2D eigenvalue weighted by atomic mass is 9.87. The number of carbonyl (C=O) groups is 1. The minimum atomic E-state index is -2.91. The van der Waals surface area contributed by atoms with E-state index < -0.39 is 6.61 Å². The minimum absolute atomic E-state index is 0.0150. The van der Waals surface area contributed by atoms with Gasteiger partial charge in [-0.25, -0.2) is 0 Å². The van der Waals surface area contributed by atoms with Crippen LogP contribution in [0, 0.1) is 5.92 Å². The van der Waals surface area contributed by atoms with Crippen LogP contribution in [0.3, 0.4) is 0 Å². The van der Waals surface area contributed by atoms with Crippen molar-refractivity contribution in [1.82, 2.24) is 4.90 Å². The topological polar surface area (TPSA) is 38.8 Å². The Bertz CT molecular complexity index is 625. The third kappa shape index (κ3) is 5.71. The third-order valence-electron chi connectivity index (χ3n) is 4.78. The highest BCUT2D eigenvalue weighted by molar-refractivity contribution is 5.91. The van der Waals surface area contributed by atoms with Crippen LogP contribution in [0.15, 0.2) is 24.3 Å². The molecule has 1 saturated carbocycles. The molecule has 0 spiro atoms. The molecule has 2 rings (SSSR count). The van der Waals surface area contributed by atoms with Crippen LogP contribution in [-0.2, 0) is 4.79 Å². The van der Waals surface area contributed by atoms with Gasteiger partial charge in [0.1, 0.15) is 0 Å². The van der Waals surface area contributed by atoms with Crippen molar-refractivity contribution in [1.29, 1.82) is 0 Å². The molecule has 0 unspecified atom stereocenters. The van der Waals surface area contributed by atoms with Crippen LogP contribution < -0.4 is 9.47 Å². The molecular weight excluding hydrogens is 340 g/mol. The molecule has 0 bridgehead atoms. The molecule has 1 amide bonds. The Labute approximate surface area is 153 Å². The van der Waals surface area contributed by atoms with Crippen LogP contribution in [0.1, 0.15) is 45.1 Å². The van der Waals surface area contributed by atoms with Crippen LogP contribution >= 0.6 is 0 Å². The number of hydrogen-bond donors (Lipinski definition) is 0. The van der Waals surface area contributed by atoms with E-state index in [1.807, 2.05) is 7.05 Å². The van der Waals surface area contributed by atoms with Crippen molar-refractivity contribution in [3.63, 3.8) is 0 Å². The summed E-state index contributed by atoms with van der Waals surface area (Å²) in [6.07, 6.45) is 7.54. The van der Waals surface area contributed by atoms with Gasteiger partial charge in [-0.15, -0.1) is 0 Å².